The predicted octanol–water partition coefficient (Wildman–Crippen LogP) is 3.89. The lowest BCUT2D eigenvalue weighted by Gasteiger charge is -2.08. The molecule has 0 aliphatic heterocycles. The number of hydrogen-bond donors (Lipinski definition) is 0. The summed E-state index contributed by atoms with van der Waals surface area (Å²) in [6.07, 6.45) is 3.90. The SMILES string of the molecule is C/C=C\C(COc1cccc(C)c1)=C(/CC)[N+](=O)[O-]. The zero-order chi connectivity index (χ0) is 14.3. The van der Waals surface area contributed by atoms with Crippen LogP contribution < -0.4 is 4.74 Å². The maximum atomic E-state index is 11.0. The molecule has 102 valence electrons. The lowest BCUT2D eigenvalue weighted by Crippen LogP contribution is -2.08. The van der Waals surface area contributed by atoms with Crippen LogP contribution in [-0.4, -0.2) is 11.5 Å². The number of allylic oxidation sites excluding steroid dienone is 2. The van der Waals surface area contributed by atoms with Gasteiger partial charge in [0.05, 0.1) is 10.5 Å². The summed E-state index contributed by atoms with van der Waals surface area (Å²) < 4.78 is 5.62. The molecule has 19 heavy (non-hydrogen) atoms. The van der Waals surface area contributed by atoms with Crippen LogP contribution in [0, 0.1) is 17.0 Å². The number of ether oxygens (including phenoxy) is 1. The third-order valence-electron chi connectivity index (χ3n) is 2.68. The minimum atomic E-state index is -0.338. The number of aryl methyl sites for hydroxylation is 1. The summed E-state index contributed by atoms with van der Waals surface area (Å²) in [5.74, 6) is 0.723. The molecule has 4 heteroatoms. The van der Waals surface area contributed by atoms with Crippen molar-refractivity contribution in [1.82, 2.24) is 0 Å². The molecular weight excluding hydrogens is 242 g/mol. The summed E-state index contributed by atoms with van der Waals surface area (Å²) in [6.45, 7) is 5.79. The van der Waals surface area contributed by atoms with Gasteiger partial charge in [0.25, 0.3) is 5.70 Å². The molecule has 0 aliphatic rings. The number of rotatable bonds is 6. The van der Waals surface area contributed by atoms with E-state index in [-0.39, 0.29) is 17.2 Å². The summed E-state index contributed by atoms with van der Waals surface area (Å²) in [4.78, 5) is 10.6. The molecule has 0 fully saturated rings. The van der Waals surface area contributed by atoms with E-state index < -0.39 is 0 Å². The van der Waals surface area contributed by atoms with Crippen LogP contribution >= 0.6 is 0 Å². The van der Waals surface area contributed by atoms with Gasteiger partial charge in [0.1, 0.15) is 12.4 Å². The highest BCUT2D eigenvalue weighted by molar-refractivity contribution is 5.29. The normalized spacial score (nSPS) is 12.4. The summed E-state index contributed by atoms with van der Waals surface area (Å²) in [5.41, 5.74) is 1.90. The molecule has 0 heterocycles. The van der Waals surface area contributed by atoms with Crippen LogP contribution in [0.4, 0.5) is 0 Å². The first kappa shape index (κ1) is 15.0. The van der Waals surface area contributed by atoms with Crippen LogP contribution in [0.5, 0.6) is 5.75 Å². The predicted molar refractivity (Wildman–Crippen MR) is 75.8 cm³/mol. The quantitative estimate of drug-likeness (QED) is 0.443. The lowest BCUT2D eigenvalue weighted by molar-refractivity contribution is -0.428. The highest BCUT2D eigenvalue weighted by atomic mass is 16.6. The Labute approximate surface area is 113 Å². The Morgan fingerprint density at radius 3 is 2.74 bits per heavy atom. The van der Waals surface area contributed by atoms with E-state index in [0.717, 1.165) is 11.3 Å². The Hall–Kier alpha value is -2.10. The Morgan fingerprint density at radius 2 is 2.21 bits per heavy atom. The van der Waals surface area contributed by atoms with Crippen molar-refractivity contribution >= 4 is 0 Å². The molecule has 0 unspecified atom stereocenters. The van der Waals surface area contributed by atoms with Crippen molar-refractivity contribution in [2.45, 2.75) is 27.2 Å². The Balaban J connectivity index is 2.89. The molecule has 0 aliphatic carbocycles. The summed E-state index contributed by atoms with van der Waals surface area (Å²) in [5, 5.41) is 11.0. The highest BCUT2D eigenvalue weighted by Gasteiger charge is 2.14. The molecule has 0 radical (unpaired) electrons. The van der Waals surface area contributed by atoms with E-state index >= 15 is 0 Å². The lowest BCUT2D eigenvalue weighted by atomic mass is 10.1. The molecule has 4 nitrogen and oxygen atoms in total. The fraction of sp³-hybridized carbons (Fsp3) is 0.333. The maximum Gasteiger partial charge on any atom is 0.252 e. The molecule has 0 saturated carbocycles. The maximum absolute atomic E-state index is 11.0. The minimum Gasteiger partial charge on any atom is -0.489 e. The number of nitrogens with zero attached hydrogens (tertiary/aromatic N) is 1. The van der Waals surface area contributed by atoms with Gasteiger partial charge in [-0.25, -0.2) is 0 Å². The summed E-state index contributed by atoms with van der Waals surface area (Å²) in [7, 11) is 0. The average molecular weight is 261 g/mol. The molecule has 0 atom stereocenters. The van der Waals surface area contributed by atoms with Gasteiger partial charge in [-0.1, -0.05) is 31.2 Å². The zero-order valence-electron chi connectivity index (χ0n) is 11.6. The smallest absolute Gasteiger partial charge is 0.252 e. The van der Waals surface area contributed by atoms with Crippen molar-refractivity contribution in [3.63, 3.8) is 0 Å². The van der Waals surface area contributed by atoms with E-state index in [4.69, 9.17) is 4.74 Å². The molecule has 1 aromatic rings. The van der Waals surface area contributed by atoms with Gasteiger partial charge in [-0.15, -0.1) is 0 Å². The Bertz CT molecular complexity index is 504. The van der Waals surface area contributed by atoms with Crippen LogP contribution in [0.3, 0.4) is 0 Å². The van der Waals surface area contributed by atoms with Gasteiger partial charge >= 0.3 is 0 Å². The van der Waals surface area contributed by atoms with E-state index in [1.54, 1.807) is 19.1 Å². The van der Waals surface area contributed by atoms with Gasteiger partial charge in [-0.2, -0.15) is 0 Å². The van der Waals surface area contributed by atoms with Crippen LogP contribution in [0.1, 0.15) is 25.8 Å². The molecule has 0 amide bonds. The van der Waals surface area contributed by atoms with Crippen LogP contribution in [0.25, 0.3) is 0 Å². The van der Waals surface area contributed by atoms with E-state index in [0.29, 0.717) is 12.0 Å². The average Bonchev–Trinajstić information content (AvgIpc) is 2.36. The van der Waals surface area contributed by atoms with Gasteiger partial charge in [-0.3, -0.25) is 10.1 Å². The molecule has 1 aromatic carbocycles. The number of nitro groups is 1. The van der Waals surface area contributed by atoms with Crippen LogP contribution in [0.2, 0.25) is 0 Å². The first-order valence-corrected chi connectivity index (χ1v) is 6.27. The standard InChI is InChI=1S/C15H19NO3/c1-4-7-13(15(5-2)16(17)18)11-19-14-9-6-8-12(3)10-14/h4,6-10H,5,11H2,1-3H3/b7-4-,15-13-. The van der Waals surface area contributed by atoms with E-state index in [1.165, 1.54) is 0 Å². The second kappa shape index (κ2) is 7.36. The third kappa shape index (κ3) is 4.58. The topological polar surface area (TPSA) is 52.4 Å². The highest BCUT2D eigenvalue weighted by Crippen LogP contribution is 2.16. The van der Waals surface area contributed by atoms with E-state index in [9.17, 15) is 10.1 Å². The molecule has 1 rings (SSSR count). The van der Waals surface area contributed by atoms with Gasteiger partial charge in [0, 0.05) is 6.42 Å². The number of benzene rings is 1. The molecule has 0 aromatic heterocycles. The summed E-state index contributed by atoms with van der Waals surface area (Å²) in [6, 6.07) is 7.63. The van der Waals surface area contributed by atoms with Gasteiger partial charge < -0.3 is 4.74 Å². The fourth-order valence-corrected chi connectivity index (χ4v) is 1.77. The van der Waals surface area contributed by atoms with Gasteiger partial charge in [-0.05, 0) is 31.5 Å². The van der Waals surface area contributed by atoms with Crippen LogP contribution in [-0.2, 0) is 0 Å². The fourth-order valence-electron chi connectivity index (χ4n) is 1.77. The minimum absolute atomic E-state index is 0.200. The van der Waals surface area contributed by atoms with Crippen molar-refractivity contribution in [3.8, 4) is 5.75 Å². The number of hydrogen-bond acceptors (Lipinski definition) is 3. The van der Waals surface area contributed by atoms with Crippen molar-refractivity contribution in [3.05, 3.63) is 63.4 Å². The second-order valence-corrected chi connectivity index (χ2v) is 4.19. The molecular formula is C15H19NO3. The second-order valence-electron chi connectivity index (χ2n) is 4.19. The third-order valence-corrected chi connectivity index (χ3v) is 2.68. The largest absolute Gasteiger partial charge is 0.489 e. The van der Waals surface area contributed by atoms with Gasteiger partial charge in [0.15, 0.2) is 0 Å². The van der Waals surface area contributed by atoms with Crippen molar-refractivity contribution < 1.29 is 9.66 Å². The van der Waals surface area contributed by atoms with Crippen molar-refractivity contribution in [2.24, 2.45) is 0 Å². The van der Waals surface area contributed by atoms with E-state index in [2.05, 4.69) is 0 Å². The molecule has 0 N–H and O–H groups in total. The molecule has 0 bridgehead atoms. The van der Waals surface area contributed by atoms with Crippen molar-refractivity contribution in [2.75, 3.05) is 6.61 Å². The first-order chi connectivity index (χ1) is 9.08. The monoisotopic (exact) mass is 261 g/mol. The molecule has 0 spiro atoms. The molecule has 0 saturated heterocycles. The Kier molecular flexibility index (Phi) is 5.79. The van der Waals surface area contributed by atoms with Crippen molar-refractivity contribution in [1.29, 1.82) is 0 Å². The van der Waals surface area contributed by atoms with Gasteiger partial charge in [0.2, 0.25) is 0 Å². The summed E-state index contributed by atoms with van der Waals surface area (Å²) >= 11 is 0. The van der Waals surface area contributed by atoms with E-state index in [1.807, 2.05) is 38.1 Å². The Morgan fingerprint density at radius 1 is 1.47 bits per heavy atom. The van der Waals surface area contributed by atoms with Crippen LogP contribution in [0.15, 0.2) is 47.7 Å². The first-order valence-electron chi connectivity index (χ1n) is 6.27. The zero-order valence-corrected chi connectivity index (χ0v) is 11.6.